The molecule has 0 radical (unpaired) electrons. The molecule has 0 spiro atoms. The zero-order valence-corrected chi connectivity index (χ0v) is 10.4. The predicted molar refractivity (Wildman–Crippen MR) is 63.9 cm³/mol. The van der Waals surface area contributed by atoms with Crippen molar-refractivity contribution in [2.75, 3.05) is 0 Å². The summed E-state index contributed by atoms with van der Waals surface area (Å²) >= 11 is 0. The second-order valence-corrected chi connectivity index (χ2v) is 4.14. The van der Waals surface area contributed by atoms with Gasteiger partial charge in [-0.2, -0.15) is 18.4 Å². The fourth-order valence-corrected chi connectivity index (χ4v) is 1.79. The summed E-state index contributed by atoms with van der Waals surface area (Å²) in [7, 11) is 0. The Morgan fingerprint density at radius 1 is 1.10 bits per heavy atom. The van der Waals surface area contributed by atoms with Crippen LogP contribution in [-0.4, -0.2) is 4.98 Å². The molecule has 21 heavy (non-hydrogen) atoms. The number of nitriles is 1. The average Bonchev–Trinajstić information content (AvgIpc) is 2.42. The lowest BCUT2D eigenvalue weighted by Gasteiger charge is -2.12. The van der Waals surface area contributed by atoms with Crippen molar-refractivity contribution in [2.45, 2.75) is 12.6 Å². The number of hydrogen-bond donors (Lipinski definition) is 0. The van der Waals surface area contributed by atoms with Crippen LogP contribution in [0.15, 0.2) is 30.3 Å². The highest BCUT2D eigenvalue weighted by atomic mass is 19.4. The maximum Gasteiger partial charge on any atom is 0.433 e. The van der Waals surface area contributed by atoms with Gasteiger partial charge in [-0.3, -0.25) is 0 Å². The van der Waals surface area contributed by atoms with Crippen molar-refractivity contribution in [1.29, 1.82) is 5.26 Å². The van der Waals surface area contributed by atoms with Crippen LogP contribution >= 0.6 is 0 Å². The van der Waals surface area contributed by atoms with E-state index in [1.807, 2.05) is 0 Å². The van der Waals surface area contributed by atoms with Crippen molar-refractivity contribution >= 4 is 0 Å². The summed E-state index contributed by atoms with van der Waals surface area (Å²) in [5.41, 5.74) is -1.94. The van der Waals surface area contributed by atoms with Gasteiger partial charge < -0.3 is 0 Å². The van der Waals surface area contributed by atoms with Gasteiger partial charge in [0.05, 0.1) is 18.2 Å². The molecule has 0 unspecified atom stereocenters. The zero-order chi connectivity index (χ0) is 15.6. The summed E-state index contributed by atoms with van der Waals surface area (Å²) in [6.07, 6.45) is -4.99. The first-order valence-electron chi connectivity index (χ1n) is 5.73. The van der Waals surface area contributed by atoms with Crippen molar-refractivity contribution in [2.24, 2.45) is 0 Å². The van der Waals surface area contributed by atoms with Gasteiger partial charge in [0.15, 0.2) is 11.6 Å². The van der Waals surface area contributed by atoms with Crippen LogP contribution in [0.4, 0.5) is 22.0 Å². The van der Waals surface area contributed by atoms with Crippen LogP contribution < -0.4 is 0 Å². The molecule has 0 aliphatic carbocycles. The number of alkyl halides is 3. The summed E-state index contributed by atoms with van der Waals surface area (Å²) in [6, 6.07) is 6.61. The third kappa shape index (κ3) is 2.99. The predicted octanol–water partition coefficient (Wildman–Crippen LogP) is 4.11. The number of rotatable bonds is 2. The minimum absolute atomic E-state index is 0.0926. The van der Waals surface area contributed by atoms with Gasteiger partial charge in [0, 0.05) is 5.56 Å². The van der Waals surface area contributed by atoms with Crippen LogP contribution in [0.25, 0.3) is 11.3 Å². The van der Waals surface area contributed by atoms with Gasteiger partial charge in [0.2, 0.25) is 0 Å². The van der Waals surface area contributed by atoms with E-state index >= 15 is 0 Å². The first kappa shape index (κ1) is 14.9. The molecule has 1 heterocycles. The van der Waals surface area contributed by atoms with E-state index in [1.165, 1.54) is 0 Å². The molecule has 2 aromatic rings. The smallest absolute Gasteiger partial charge is 0.243 e. The summed E-state index contributed by atoms with van der Waals surface area (Å²) < 4.78 is 65.0. The zero-order valence-electron chi connectivity index (χ0n) is 10.4. The fraction of sp³-hybridized carbons (Fsp3) is 0.143. The number of aromatic nitrogens is 1. The minimum atomic E-state index is -4.72. The second kappa shape index (κ2) is 5.48. The highest BCUT2D eigenvalue weighted by Crippen LogP contribution is 2.32. The lowest BCUT2D eigenvalue weighted by Crippen LogP contribution is -2.10. The monoisotopic (exact) mass is 298 g/mol. The van der Waals surface area contributed by atoms with Crippen LogP contribution in [0.2, 0.25) is 0 Å². The average molecular weight is 298 g/mol. The topological polar surface area (TPSA) is 36.7 Å². The Kier molecular flexibility index (Phi) is 3.89. The van der Waals surface area contributed by atoms with Crippen molar-refractivity contribution < 1.29 is 22.0 Å². The van der Waals surface area contributed by atoms with Crippen molar-refractivity contribution in [3.63, 3.8) is 0 Å². The molecule has 0 saturated carbocycles. The number of nitrogens with zero attached hydrogens (tertiary/aromatic N) is 2. The minimum Gasteiger partial charge on any atom is -0.243 e. The molecule has 108 valence electrons. The van der Waals surface area contributed by atoms with E-state index in [1.54, 1.807) is 6.07 Å². The van der Waals surface area contributed by atoms with E-state index in [0.717, 1.165) is 24.3 Å². The van der Waals surface area contributed by atoms with Crippen LogP contribution in [0.3, 0.4) is 0 Å². The van der Waals surface area contributed by atoms with Gasteiger partial charge in [-0.15, -0.1) is 0 Å². The second-order valence-electron chi connectivity index (χ2n) is 4.14. The Labute approximate surface area is 116 Å². The number of benzene rings is 1. The molecule has 0 saturated heterocycles. The van der Waals surface area contributed by atoms with Gasteiger partial charge in [-0.1, -0.05) is 12.1 Å². The molecule has 2 nitrogen and oxygen atoms in total. The lowest BCUT2D eigenvalue weighted by molar-refractivity contribution is -0.141. The molecule has 0 amide bonds. The molecule has 0 fully saturated rings. The summed E-state index contributed by atoms with van der Waals surface area (Å²) in [6.45, 7) is 0. The maximum atomic E-state index is 13.8. The van der Waals surface area contributed by atoms with E-state index in [9.17, 15) is 22.0 Å². The molecule has 0 aliphatic heterocycles. The molecular formula is C14H7F5N2. The van der Waals surface area contributed by atoms with Gasteiger partial charge in [-0.05, 0) is 23.8 Å². The van der Waals surface area contributed by atoms with Crippen molar-refractivity contribution in [1.82, 2.24) is 4.98 Å². The Bertz CT molecular complexity index is 716. The molecule has 1 aromatic heterocycles. The quantitative estimate of drug-likeness (QED) is 0.782. The fourth-order valence-electron chi connectivity index (χ4n) is 1.79. The third-order valence-electron chi connectivity index (χ3n) is 2.75. The van der Waals surface area contributed by atoms with Crippen LogP contribution in [0, 0.1) is 23.0 Å². The Morgan fingerprint density at radius 2 is 1.81 bits per heavy atom. The van der Waals surface area contributed by atoms with Gasteiger partial charge in [0.25, 0.3) is 0 Å². The number of halogens is 5. The summed E-state index contributed by atoms with van der Waals surface area (Å²) in [5.74, 6) is -2.50. The maximum absolute atomic E-state index is 13.8. The summed E-state index contributed by atoms with van der Waals surface area (Å²) in [4.78, 5) is 3.35. The van der Waals surface area contributed by atoms with Crippen LogP contribution in [0.5, 0.6) is 0 Å². The van der Waals surface area contributed by atoms with E-state index in [2.05, 4.69) is 4.98 Å². The van der Waals surface area contributed by atoms with E-state index in [4.69, 9.17) is 5.26 Å². The molecule has 0 N–H and O–H groups in total. The lowest BCUT2D eigenvalue weighted by atomic mass is 10.0. The molecule has 1 aromatic carbocycles. The Morgan fingerprint density at radius 3 is 2.43 bits per heavy atom. The standard InChI is InChI=1S/C14H7F5N2/c15-10-3-1-2-9(12(10)16)13-8(6-7-20)4-5-11(21-13)14(17,18)19/h1-5H,6H2. The normalized spacial score (nSPS) is 11.2. The Balaban J connectivity index is 2.70. The SMILES string of the molecule is N#CCc1ccc(C(F)(F)F)nc1-c1cccc(F)c1F. The molecule has 0 atom stereocenters. The molecule has 0 bridgehead atoms. The highest BCUT2D eigenvalue weighted by Gasteiger charge is 2.33. The summed E-state index contributed by atoms with van der Waals surface area (Å²) in [5, 5.41) is 8.68. The largest absolute Gasteiger partial charge is 0.433 e. The van der Waals surface area contributed by atoms with E-state index in [-0.39, 0.29) is 17.7 Å². The van der Waals surface area contributed by atoms with Gasteiger partial charge in [0.1, 0.15) is 5.69 Å². The number of pyridine rings is 1. The third-order valence-corrected chi connectivity index (χ3v) is 2.75. The molecule has 2 rings (SSSR count). The first-order valence-corrected chi connectivity index (χ1v) is 5.73. The highest BCUT2D eigenvalue weighted by molar-refractivity contribution is 5.64. The van der Waals surface area contributed by atoms with Crippen LogP contribution in [-0.2, 0) is 12.6 Å². The van der Waals surface area contributed by atoms with Crippen molar-refractivity contribution in [3.05, 3.63) is 53.2 Å². The molecular weight excluding hydrogens is 291 g/mol. The van der Waals surface area contributed by atoms with Gasteiger partial charge >= 0.3 is 6.18 Å². The van der Waals surface area contributed by atoms with E-state index < -0.39 is 29.1 Å². The Hall–Kier alpha value is -2.49. The van der Waals surface area contributed by atoms with Gasteiger partial charge in [-0.25, -0.2) is 13.8 Å². The molecule has 0 aliphatic rings. The van der Waals surface area contributed by atoms with Crippen LogP contribution in [0.1, 0.15) is 11.3 Å². The number of hydrogen-bond acceptors (Lipinski definition) is 2. The first-order chi connectivity index (χ1) is 9.84. The van der Waals surface area contributed by atoms with Crippen molar-refractivity contribution in [3.8, 4) is 17.3 Å². The molecule has 7 heteroatoms. The van der Waals surface area contributed by atoms with E-state index in [0.29, 0.717) is 6.07 Å².